The van der Waals surface area contributed by atoms with E-state index in [-0.39, 0.29) is 18.3 Å². The standard InChI is InChI=1S/C20H26N2O2S.ClH/c1-13-17-11-16(24-2)5-6-18(17)25-19(13)20(23)22-9-7-15(8-10-22)21-12-14-3-4-14;/h5-6,11,14-15,21H,3-4,7-10,12H2,1-2H3;1H. The molecule has 1 aliphatic carbocycles. The summed E-state index contributed by atoms with van der Waals surface area (Å²) in [6, 6.07) is 6.63. The number of hydrogen-bond donors (Lipinski definition) is 1. The average molecular weight is 395 g/mol. The number of nitrogens with zero attached hydrogens (tertiary/aromatic N) is 1. The Kier molecular flexibility index (Phi) is 6.10. The number of aryl methyl sites for hydroxylation is 1. The normalized spacial score (nSPS) is 18.0. The molecule has 2 fully saturated rings. The predicted molar refractivity (Wildman–Crippen MR) is 110 cm³/mol. The number of rotatable bonds is 5. The van der Waals surface area contributed by atoms with E-state index in [1.165, 1.54) is 12.8 Å². The number of methoxy groups -OCH3 is 1. The molecule has 0 bridgehead atoms. The molecule has 1 aliphatic heterocycles. The Bertz CT molecular complexity index is 779. The molecule has 0 atom stereocenters. The van der Waals surface area contributed by atoms with Crippen LogP contribution in [0.15, 0.2) is 18.2 Å². The number of thiophene rings is 1. The third-order valence-corrected chi connectivity index (χ3v) is 6.77. The summed E-state index contributed by atoms with van der Waals surface area (Å²) >= 11 is 1.61. The molecular weight excluding hydrogens is 368 g/mol. The van der Waals surface area contributed by atoms with Crippen LogP contribution >= 0.6 is 23.7 Å². The van der Waals surface area contributed by atoms with Crippen LogP contribution < -0.4 is 10.1 Å². The van der Waals surface area contributed by atoms with Crippen molar-refractivity contribution in [3.63, 3.8) is 0 Å². The Morgan fingerprint density at radius 2 is 2.00 bits per heavy atom. The number of nitrogens with one attached hydrogen (secondary N) is 1. The highest BCUT2D eigenvalue weighted by atomic mass is 35.5. The van der Waals surface area contributed by atoms with Crippen LogP contribution in [0.1, 0.15) is 40.9 Å². The zero-order chi connectivity index (χ0) is 17.4. The van der Waals surface area contributed by atoms with E-state index in [4.69, 9.17) is 4.74 Å². The molecule has 142 valence electrons. The molecule has 1 saturated carbocycles. The van der Waals surface area contributed by atoms with Gasteiger partial charge in [-0.15, -0.1) is 23.7 Å². The summed E-state index contributed by atoms with van der Waals surface area (Å²) in [6.07, 6.45) is 4.91. The van der Waals surface area contributed by atoms with Crippen LogP contribution in [0.5, 0.6) is 5.75 Å². The SMILES string of the molecule is COc1ccc2sc(C(=O)N3CCC(NCC4CC4)CC3)c(C)c2c1.Cl. The van der Waals surface area contributed by atoms with Gasteiger partial charge in [0.15, 0.2) is 0 Å². The number of amides is 1. The molecule has 4 rings (SSSR count). The van der Waals surface area contributed by atoms with Gasteiger partial charge in [-0.25, -0.2) is 0 Å². The summed E-state index contributed by atoms with van der Waals surface area (Å²) in [6.45, 7) is 4.93. The number of ether oxygens (including phenoxy) is 1. The minimum absolute atomic E-state index is 0. The molecule has 1 aromatic carbocycles. The van der Waals surface area contributed by atoms with Crippen molar-refractivity contribution < 1.29 is 9.53 Å². The van der Waals surface area contributed by atoms with Crippen LogP contribution in [0.4, 0.5) is 0 Å². The van der Waals surface area contributed by atoms with Crippen molar-refractivity contribution in [2.45, 2.75) is 38.6 Å². The van der Waals surface area contributed by atoms with E-state index in [0.29, 0.717) is 6.04 Å². The third kappa shape index (κ3) is 4.00. The maximum atomic E-state index is 13.0. The largest absolute Gasteiger partial charge is 0.497 e. The van der Waals surface area contributed by atoms with E-state index in [0.717, 1.165) is 64.7 Å². The number of halogens is 1. The van der Waals surface area contributed by atoms with Gasteiger partial charge in [-0.2, -0.15) is 0 Å². The lowest BCUT2D eigenvalue weighted by atomic mass is 10.0. The Morgan fingerprint density at radius 3 is 2.65 bits per heavy atom. The van der Waals surface area contributed by atoms with E-state index < -0.39 is 0 Å². The molecule has 1 saturated heterocycles. The highest BCUT2D eigenvalue weighted by Gasteiger charge is 2.28. The van der Waals surface area contributed by atoms with Gasteiger partial charge >= 0.3 is 0 Å². The average Bonchev–Trinajstić information content (AvgIpc) is 3.43. The minimum atomic E-state index is 0. The lowest BCUT2D eigenvalue weighted by Gasteiger charge is -2.32. The number of piperidine rings is 1. The second-order valence-electron chi connectivity index (χ2n) is 7.34. The quantitative estimate of drug-likeness (QED) is 0.824. The second-order valence-corrected chi connectivity index (χ2v) is 8.39. The Morgan fingerprint density at radius 1 is 1.27 bits per heavy atom. The monoisotopic (exact) mass is 394 g/mol. The van der Waals surface area contributed by atoms with Crippen LogP contribution in [-0.2, 0) is 0 Å². The minimum Gasteiger partial charge on any atom is -0.497 e. The molecule has 2 aromatic rings. The molecule has 1 aromatic heterocycles. The van der Waals surface area contributed by atoms with Crippen LogP contribution in [0.25, 0.3) is 10.1 Å². The van der Waals surface area contributed by atoms with Crippen molar-refractivity contribution >= 4 is 39.7 Å². The van der Waals surface area contributed by atoms with E-state index >= 15 is 0 Å². The van der Waals surface area contributed by atoms with E-state index in [9.17, 15) is 4.79 Å². The summed E-state index contributed by atoms with van der Waals surface area (Å²) in [4.78, 5) is 15.9. The maximum Gasteiger partial charge on any atom is 0.264 e. The van der Waals surface area contributed by atoms with Gasteiger partial charge in [0, 0.05) is 23.8 Å². The first-order valence-corrected chi connectivity index (χ1v) is 10.1. The van der Waals surface area contributed by atoms with Gasteiger partial charge in [0.25, 0.3) is 5.91 Å². The fraction of sp³-hybridized carbons (Fsp3) is 0.550. The van der Waals surface area contributed by atoms with Crippen molar-refractivity contribution in [1.29, 1.82) is 0 Å². The number of hydrogen-bond acceptors (Lipinski definition) is 4. The van der Waals surface area contributed by atoms with Gasteiger partial charge in [0.1, 0.15) is 5.75 Å². The van der Waals surface area contributed by atoms with E-state index in [1.807, 2.05) is 17.0 Å². The molecule has 2 heterocycles. The fourth-order valence-electron chi connectivity index (χ4n) is 3.62. The molecule has 4 nitrogen and oxygen atoms in total. The zero-order valence-electron chi connectivity index (χ0n) is 15.4. The summed E-state index contributed by atoms with van der Waals surface area (Å²) in [7, 11) is 1.68. The molecule has 6 heteroatoms. The van der Waals surface area contributed by atoms with E-state index in [2.05, 4.69) is 18.3 Å². The first-order valence-electron chi connectivity index (χ1n) is 9.25. The Labute approximate surface area is 165 Å². The van der Waals surface area contributed by atoms with E-state index in [1.54, 1.807) is 18.4 Å². The molecule has 26 heavy (non-hydrogen) atoms. The smallest absolute Gasteiger partial charge is 0.264 e. The molecule has 0 spiro atoms. The van der Waals surface area contributed by atoms with Gasteiger partial charge in [-0.1, -0.05) is 0 Å². The van der Waals surface area contributed by atoms with Crippen molar-refractivity contribution in [3.05, 3.63) is 28.6 Å². The van der Waals surface area contributed by atoms with Gasteiger partial charge < -0.3 is 15.0 Å². The fourth-order valence-corrected chi connectivity index (χ4v) is 4.77. The molecule has 1 N–H and O–H groups in total. The molecule has 0 unspecified atom stereocenters. The lowest BCUT2D eigenvalue weighted by Crippen LogP contribution is -2.45. The summed E-state index contributed by atoms with van der Waals surface area (Å²) in [5.74, 6) is 1.95. The first kappa shape index (κ1) is 19.5. The molecular formula is C20H27ClN2O2S. The maximum absolute atomic E-state index is 13.0. The Balaban J connectivity index is 0.00000196. The van der Waals surface area contributed by atoms with Crippen molar-refractivity contribution in [1.82, 2.24) is 10.2 Å². The van der Waals surface area contributed by atoms with Crippen molar-refractivity contribution in [3.8, 4) is 5.75 Å². The van der Waals surface area contributed by atoms with Crippen molar-refractivity contribution in [2.75, 3.05) is 26.7 Å². The second kappa shape index (κ2) is 8.15. The highest BCUT2D eigenvalue weighted by Crippen LogP contribution is 2.34. The van der Waals surface area contributed by atoms with Crippen LogP contribution in [0.3, 0.4) is 0 Å². The first-order chi connectivity index (χ1) is 12.2. The van der Waals surface area contributed by atoms with Crippen LogP contribution in [-0.4, -0.2) is 43.6 Å². The van der Waals surface area contributed by atoms with Crippen LogP contribution in [0.2, 0.25) is 0 Å². The summed E-state index contributed by atoms with van der Waals surface area (Å²) in [5, 5.41) is 4.81. The van der Waals surface area contributed by atoms with Gasteiger partial charge in [0.05, 0.1) is 12.0 Å². The predicted octanol–water partition coefficient (Wildman–Crippen LogP) is 4.24. The number of likely N-dealkylation sites (tertiary alicyclic amines) is 1. The number of fused-ring (bicyclic) bond motifs is 1. The molecule has 0 radical (unpaired) electrons. The van der Waals surface area contributed by atoms with Gasteiger partial charge in [-0.05, 0) is 74.2 Å². The number of carbonyl (C=O) groups excluding carboxylic acids is 1. The summed E-state index contributed by atoms with van der Waals surface area (Å²) in [5.41, 5.74) is 1.08. The summed E-state index contributed by atoms with van der Waals surface area (Å²) < 4.78 is 6.48. The Hall–Kier alpha value is -1.30. The van der Waals surface area contributed by atoms with Crippen molar-refractivity contribution in [2.24, 2.45) is 5.92 Å². The molecule has 2 aliphatic rings. The highest BCUT2D eigenvalue weighted by molar-refractivity contribution is 7.21. The third-order valence-electron chi connectivity index (χ3n) is 5.51. The van der Waals surface area contributed by atoms with Gasteiger partial charge in [-0.3, -0.25) is 4.79 Å². The van der Waals surface area contributed by atoms with Gasteiger partial charge in [0.2, 0.25) is 0 Å². The zero-order valence-corrected chi connectivity index (χ0v) is 17.0. The number of carbonyl (C=O) groups is 1. The number of benzene rings is 1. The topological polar surface area (TPSA) is 41.6 Å². The lowest BCUT2D eigenvalue weighted by molar-refractivity contribution is 0.0709. The van der Waals surface area contributed by atoms with Crippen LogP contribution in [0, 0.1) is 12.8 Å². The molecule has 1 amide bonds.